The topological polar surface area (TPSA) is 84.9 Å². The molecule has 1 unspecified atom stereocenters. The summed E-state index contributed by atoms with van der Waals surface area (Å²) in [7, 11) is 1.08. The van der Waals surface area contributed by atoms with Gasteiger partial charge in [0.15, 0.2) is 11.6 Å². The SMILES string of the molecule is COC(=O)C[C@H](NC(=O)OCc1ccccc1)C(O)c1cc(F)c(F)cc1F. The zero-order chi connectivity index (χ0) is 20.7. The molecule has 0 aliphatic rings. The van der Waals surface area contributed by atoms with Crippen molar-refractivity contribution in [2.75, 3.05) is 7.11 Å². The Morgan fingerprint density at radius 1 is 1.07 bits per heavy atom. The van der Waals surface area contributed by atoms with E-state index in [1.165, 1.54) is 0 Å². The maximum Gasteiger partial charge on any atom is 0.407 e. The van der Waals surface area contributed by atoms with E-state index in [-0.39, 0.29) is 12.7 Å². The Bertz CT molecular complexity index is 832. The van der Waals surface area contributed by atoms with E-state index in [4.69, 9.17) is 4.74 Å². The van der Waals surface area contributed by atoms with Crippen LogP contribution in [0.1, 0.15) is 23.7 Å². The van der Waals surface area contributed by atoms with E-state index in [0.717, 1.165) is 7.11 Å². The molecule has 0 aromatic heterocycles. The number of benzene rings is 2. The predicted octanol–water partition coefficient (Wildman–Crippen LogP) is 3.00. The molecular formula is C19H18F3NO5. The fraction of sp³-hybridized carbons (Fsp3) is 0.263. The number of halogens is 3. The molecule has 0 heterocycles. The molecule has 0 bridgehead atoms. The van der Waals surface area contributed by atoms with Crippen LogP contribution in [0.25, 0.3) is 0 Å². The van der Waals surface area contributed by atoms with Crippen LogP contribution in [0.4, 0.5) is 18.0 Å². The summed E-state index contributed by atoms with van der Waals surface area (Å²) in [5.74, 6) is -4.89. The van der Waals surface area contributed by atoms with E-state index < -0.39 is 53.6 Å². The van der Waals surface area contributed by atoms with Crippen molar-refractivity contribution in [3.05, 3.63) is 71.0 Å². The number of methoxy groups -OCH3 is 1. The number of carbonyl (C=O) groups is 2. The molecule has 9 heteroatoms. The highest BCUT2D eigenvalue weighted by molar-refractivity contribution is 5.73. The van der Waals surface area contributed by atoms with Crippen molar-refractivity contribution in [2.24, 2.45) is 0 Å². The summed E-state index contributed by atoms with van der Waals surface area (Å²) < 4.78 is 49.9. The zero-order valence-corrected chi connectivity index (χ0v) is 14.8. The van der Waals surface area contributed by atoms with Gasteiger partial charge in [0.25, 0.3) is 0 Å². The largest absolute Gasteiger partial charge is 0.469 e. The number of rotatable bonds is 7. The first kappa shape index (κ1) is 21.2. The molecule has 2 aromatic carbocycles. The molecule has 0 radical (unpaired) electrons. The summed E-state index contributed by atoms with van der Waals surface area (Å²) >= 11 is 0. The molecular weight excluding hydrogens is 379 g/mol. The van der Waals surface area contributed by atoms with Gasteiger partial charge in [0.1, 0.15) is 18.5 Å². The summed E-state index contributed by atoms with van der Waals surface area (Å²) in [6.07, 6.45) is -3.42. The highest BCUT2D eigenvalue weighted by Gasteiger charge is 2.29. The third kappa shape index (κ3) is 5.71. The number of esters is 1. The lowest BCUT2D eigenvalue weighted by atomic mass is 9.99. The number of amides is 1. The Balaban J connectivity index is 2.13. The molecule has 2 aromatic rings. The number of aliphatic hydroxyl groups is 1. The summed E-state index contributed by atoms with van der Waals surface area (Å²) in [5, 5.41) is 12.6. The van der Waals surface area contributed by atoms with Crippen LogP contribution >= 0.6 is 0 Å². The second kappa shape index (κ2) is 9.75. The molecule has 0 aliphatic heterocycles. The summed E-state index contributed by atoms with van der Waals surface area (Å²) in [6, 6.07) is 8.00. The minimum atomic E-state index is -1.86. The number of hydrogen-bond acceptors (Lipinski definition) is 5. The standard InChI is InChI=1S/C19H18F3NO5/c1-27-17(24)9-16(18(25)12-7-14(21)15(22)8-13(12)20)23-19(26)28-10-11-5-3-2-4-6-11/h2-8,16,18,25H,9-10H2,1H3,(H,23,26)/t16-,18?/m0/s1. The van der Waals surface area contributed by atoms with E-state index in [0.29, 0.717) is 11.6 Å². The van der Waals surface area contributed by atoms with Crippen molar-refractivity contribution in [2.45, 2.75) is 25.2 Å². The second-order valence-corrected chi connectivity index (χ2v) is 5.83. The minimum absolute atomic E-state index is 0.0900. The van der Waals surface area contributed by atoms with Crippen molar-refractivity contribution in [3.63, 3.8) is 0 Å². The van der Waals surface area contributed by atoms with Crippen molar-refractivity contribution in [3.8, 4) is 0 Å². The summed E-state index contributed by atoms with van der Waals surface area (Å²) in [5.41, 5.74) is 0.0607. The van der Waals surface area contributed by atoms with Gasteiger partial charge in [0.05, 0.1) is 19.6 Å². The molecule has 0 fully saturated rings. The van der Waals surface area contributed by atoms with Crippen molar-refractivity contribution in [1.29, 1.82) is 0 Å². The van der Waals surface area contributed by atoms with E-state index in [1.807, 2.05) is 0 Å². The number of alkyl carbamates (subject to hydrolysis) is 1. The number of hydrogen-bond donors (Lipinski definition) is 2. The second-order valence-electron chi connectivity index (χ2n) is 5.83. The molecule has 150 valence electrons. The number of carbonyl (C=O) groups excluding carboxylic acids is 2. The van der Waals surface area contributed by atoms with Crippen molar-refractivity contribution < 1.29 is 37.3 Å². The fourth-order valence-electron chi connectivity index (χ4n) is 2.40. The minimum Gasteiger partial charge on any atom is -0.469 e. The molecule has 2 atom stereocenters. The number of nitrogens with one attached hydrogen (secondary N) is 1. The third-order valence-corrected chi connectivity index (χ3v) is 3.87. The van der Waals surface area contributed by atoms with Crippen LogP contribution in [0.2, 0.25) is 0 Å². The van der Waals surface area contributed by atoms with Gasteiger partial charge in [0.2, 0.25) is 0 Å². The Hall–Kier alpha value is -3.07. The highest BCUT2D eigenvalue weighted by Crippen LogP contribution is 2.25. The van der Waals surface area contributed by atoms with Crippen molar-refractivity contribution in [1.82, 2.24) is 5.32 Å². The van der Waals surface area contributed by atoms with Crippen LogP contribution in [-0.2, 0) is 20.9 Å². The van der Waals surface area contributed by atoms with E-state index in [2.05, 4.69) is 10.1 Å². The Morgan fingerprint density at radius 2 is 1.71 bits per heavy atom. The van der Waals surface area contributed by atoms with Crippen LogP contribution < -0.4 is 5.32 Å². The van der Waals surface area contributed by atoms with E-state index in [1.54, 1.807) is 30.3 Å². The molecule has 6 nitrogen and oxygen atoms in total. The summed E-state index contributed by atoms with van der Waals surface area (Å²) in [4.78, 5) is 23.6. The van der Waals surface area contributed by atoms with Crippen LogP contribution in [0.15, 0.2) is 42.5 Å². The molecule has 1 amide bonds. The maximum absolute atomic E-state index is 13.9. The maximum atomic E-state index is 13.9. The van der Waals surface area contributed by atoms with Gasteiger partial charge in [-0.2, -0.15) is 0 Å². The van der Waals surface area contributed by atoms with Gasteiger partial charge in [-0.05, 0) is 11.6 Å². The van der Waals surface area contributed by atoms with Crippen LogP contribution in [0.5, 0.6) is 0 Å². The average Bonchev–Trinajstić information content (AvgIpc) is 2.68. The van der Waals surface area contributed by atoms with Gasteiger partial charge in [-0.25, -0.2) is 18.0 Å². The average molecular weight is 397 g/mol. The number of ether oxygens (including phenoxy) is 2. The Labute approximate surface area is 158 Å². The molecule has 0 spiro atoms. The van der Waals surface area contributed by atoms with Crippen molar-refractivity contribution >= 4 is 12.1 Å². The molecule has 0 saturated heterocycles. The monoisotopic (exact) mass is 397 g/mol. The Kier molecular flexibility index (Phi) is 7.39. The predicted molar refractivity (Wildman–Crippen MR) is 91.5 cm³/mol. The van der Waals surface area contributed by atoms with Gasteiger partial charge in [0, 0.05) is 11.6 Å². The normalized spacial score (nSPS) is 12.8. The lowest BCUT2D eigenvalue weighted by Gasteiger charge is -2.23. The fourth-order valence-corrected chi connectivity index (χ4v) is 2.40. The van der Waals surface area contributed by atoms with Crippen LogP contribution in [-0.4, -0.2) is 30.3 Å². The molecule has 0 aliphatic carbocycles. The first-order valence-electron chi connectivity index (χ1n) is 8.18. The quantitative estimate of drug-likeness (QED) is 0.554. The first-order chi connectivity index (χ1) is 13.3. The molecule has 0 saturated carbocycles. The molecule has 2 N–H and O–H groups in total. The highest BCUT2D eigenvalue weighted by atomic mass is 19.2. The molecule has 28 heavy (non-hydrogen) atoms. The van der Waals surface area contributed by atoms with Gasteiger partial charge in [-0.1, -0.05) is 30.3 Å². The smallest absolute Gasteiger partial charge is 0.407 e. The summed E-state index contributed by atoms with van der Waals surface area (Å²) in [6.45, 7) is -0.0900. The Morgan fingerprint density at radius 3 is 2.36 bits per heavy atom. The molecule has 2 rings (SSSR count). The third-order valence-electron chi connectivity index (χ3n) is 3.87. The zero-order valence-electron chi connectivity index (χ0n) is 14.8. The van der Waals surface area contributed by atoms with Gasteiger partial charge in [-0.15, -0.1) is 0 Å². The van der Waals surface area contributed by atoms with E-state index >= 15 is 0 Å². The van der Waals surface area contributed by atoms with E-state index in [9.17, 15) is 27.9 Å². The van der Waals surface area contributed by atoms with Gasteiger partial charge >= 0.3 is 12.1 Å². The lowest BCUT2D eigenvalue weighted by molar-refractivity contribution is -0.141. The lowest BCUT2D eigenvalue weighted by Crippen LogP contribution is -2.41. The van der Waals surface area contributed by atoms with Gasteiger partial charge in [-0.3, -0.25) is 4.79 Å². The van der Waals surface area contributed by atoms with Crippen LogP contribution in [0, 0.1) is 17.5 Å². The first-order valence-corrected chi connectivity index (χ1v) is 8.18. The number of aliphatic hydroxyl groups excluding tert-OH is 1. The van der Waals surface area contributed by atoms with Crippen LogP contribution in [0.3, 0.4) is 0 Å². The van der Waals surface area contributed by atoms with Gasteiger partial charge < -0.3 is 19.9 Å².